The second-order valence-corrected chi connectivity index (χ2v) is 4.27. The number of Topliss-reactive ketones (excluding diaryl/α,β-unsaturated/α-hetero) is 1. The van der Waals surface area contributed by atoms with Gasteiger partial charge >= 0.3 is 0 Å². The van der Waals surface area contributed by atoms with Crippen molar-refractivity contribution in [3.8, 4) is 5.75 Å². The molecule has 94 valence electrons. The Kier molecular flexibility index (Phi) is 3.46. The molecule has 0 saturated heterocycles. The molecule has 1 heterocycles. The summed E-state index contributed by atoms with van der Waals surface area (Å²) in [4.78, 5) is 11.5. The highest BCUT2D eigenvalue weighted by atomic mass is 16.5. The van der Waals surface area contributed by atoms with Crippen LogP contribution in [0.5, 0.6) is 5.75 Å². The Balaban J connectivity index is 2.17. The molecule has 0 unspecified atom stereocenters. The summed E-state index contributed by atoms with van der Waals surface area (Å²) in [5.74, 6) is 1.31. The van der Waals surface area contributed by atoms with Crippen molar-refractivity contribution in [3.05, 3.63) is 46.8 Å². The second-order valence-electron chi connectivity index (χ2n) is 4.27. The maximum Gasteiger partial charge on any atom is 0.163 e. The Labute approximate surface area is 106 Å². The largest absolute Gasteiger partial charge is 0.486 e. The van der Waals surface area contributed by atoms with Gasteiger partial charge in [-0.05, 0) is 38.5 Å². The molecule has 0 atom stereocenters. The summed E-state index contributed by atoms with van der Waals surface area (Å²) in [5, 5.41) is 3.84. The van der Waals surface area contributed by atoms with Crippen molar-refractivity contribution in [1.82, 2.24) is 5.16 Å². The number of nitrogens with zero attached hydrogens (tertiary/aromatic N) is 1. The fraction of sp³-hybridized carbons (Fsp3) is 0.286. The molecule has 2 rings (SSSR count). The molecule has 0 N–H and O–H groups in total. The number of rotatable bonds is 4. The van der Waals surface area contributed by atoms with Crippen LogP contribution in [0.25, 0.3) is 0 Å². The summed E-state index contributed by atoms with van der Waals surface area (Å²) in [6, 6.07) is 7.33. The Bertz CT molecular complexity index is 572. The van der Waals surface area contributed by atoms with Crippen LogP contribution in [0.1, 0.15) is 34.3 Å². The molecular formula is C14H15NO3. The lowest BCUT2D eigenvalue weighted by molar-refractivity contribution is 0.101. The predicted octanol–water partition coefficient (Wildman–Crippen LogP) is 3.07. The van der Waals surface area contributed by atoms with Gasteiger partial charge in [0.2, 0.25) is 0 Å². The Morgan fingerprint density at radius 1 is 1.33 bits per heavy atom. The van der Waals surface area contributed by atoms with E-state index >= 15 is 0 Å². The summed E-state index contributed by atoms with van der Waals surface area (Å²) in [6.07, 6.45) is 0. The Morgan fingerprint density at radius 2 is 2.11 bits per heavy atom. The van der Waals surface area contributed by atoms with Gasteiger partial charge in [-0.3, -0.25) is 4.79 Å². The predicted molar refractivity (Wildman–Crippen MR) is 66.8 cm³/mol. The molecule has 1 aromatic carbocycles. The monoisotopic (exact) mass is 245 g/mol. The van der Waals surface area contributed by atoms with Crippen LogP contribution in [0.2, 0.25) is 0 Å². The van der Waals surface area contributed by atoms with E-state index in [9.17, 15) is 4.79 Å². The number of aryl methyl sites for hydroxylation is 2. The fourth-order valence-corrected chi connectivity index (χ4v) is 1.68. The van der Waals surface area contributed by atoms with Gasteiger partial charge in [0.25, 0.3) is 0 Å². The maximum absolute atomic E-state index is 11.5. The van der Waals surface area contributed by atoms with Crippen molar-refractivity contribution in [1.29, 1.82) is 0 Å². The van der Waals surface area contributed by atoms with E-state index in [0.29, 0.717) is 23.6 Å². The van der Waals surface area contributed by atoms with E-state index in [2.05, 4.69) is 5.16 Å². The molecule has 4 nitrogen and oxygen atoms in total. The average molecular weight is 245 g/mol. The third-order valence-electron chi connectivity index (χ3n) is 2.57. The van der Waals surface area contributed by atoms with Crippen molar-refractivity contribution in [2.24, 2.45) is 0 Å². The van der Waals surface area contributed by atoms with Gasteiger partial charge < -0.3 is 9.26 Å². The van der Waals surface area contributed by atoms with E-state index in [0.717, 1.165) is 11.3 Å². The summed E-state index contributed by atoms with van der Waals surface area (Å²) >= 11 is 0. The van der Waals surface area contributed by atoms with Crippen LogP contribution < -0.4 is 4.74 Å². The number of carbonyl (C=O) groups is 1. The van der Waals surface area contributed by atoms with E-state index in [1.807, 2.05) is 32.0 Å². The molecule has 0 saturated carbocycles. The minimum atomic E-state index is -0.0127. The number of aromatic nitrogens is 1. The Hall–Kier alpha value is -2.10. The Morgan fingerprint density at radius 3 is 2.72 bits per heavy atom. The molecular weight excluding hydrogens is 230 g/mol. The number of carbonyl (C=O) groups excluding carboxylic acids is 1. The van der Waals surface area contributed by atoms with Gasteiger partial charge in [-0.25, -0.2) is 0 Å². The number of hydrogen-bond acceptors (Lipinski definition) is 4. The molecule has 4 heteroatoms. The van der Waals surface area contributed by atoms with Crippen molar-refractivity contribution in [2.45, 2.75) is 27.4 Å². The summed E-state index contributed by atoms with van der Waals surface area (Å²) in [5.41, 5.74) is 2.34. The highest BCUT2D eigenvalue weighted by Crippen LogP contribution is 2.22. The van der Waals surface area contributed by atoms with Crippen molar-refractivity contribution < 1.29 is 14.1 Å². The first kappa shape index (κ1) is 12.4. The van der Waals surface area contributed by atoms with E-state index < -0.39 is 0 Å². The number of hydrogen-bond donors (Lipinski definition) is 0. The second kappa shape index (κ2) is 5.04. The molecule has 2 aromatic rings. The van der Waals surface area contributed by atoms with Gasteiger partial charge in [0, 0.05) is 6.07 Å². The third kappa shape index (κ3) is 2.77. The van der Waals surface area contributed by atoms with Crippen LogP contribution in [-0.4, -0.2) is 10.9 Å². The number of ether oxygens (including phenoxy) is 1. The molecule has 0 aliphatic heterocycles. The van der Waals surface area contributed by atoms with E-state index in [1.54, 1.807) is 6.07 Å². The van der Waals surface area contributed by atoms with Crippen LogP contribution in [0, 0.1) is 13.8 Å². The lowest BCUT2D eigenvalue weighted by Crippen LogP contribution is -2.02. The minimum Gasteiger partial charge on any atom is -0.486 e. The van der Waals surface area contributed by atoms with Gasteiger partial charge in [-0.15, -0.1) is 0 Å². The smallest absolute Gasteiger partial charge is 0.163 e. The SMILES string of the molecule is CC(=O)c1ccc(C)cc1OCc1cc(C)on1. The zero-order chi connectivity index (χ0) is 13.1. The van der Waals surface area contributed by atoms with Crippen molar-refractivity contribution >= 4 is 5.78 Å². The number of benzene rings is 1. The summed E-state index contributed by atoms with van der Waals surface area (Å²) < 4.78 is 10.6. The highest BCUT2D eigenvalue weighted by Gasteiger charge is 2.09. The molecule has 0 aliphatic carbocycles. The number of ketones is 1. The van der Waals surface area contributed by atoms with E-state index in [4.69, 9.17) is 9.26 Å². The first-order chi connectivity index (χ1) is 8.56. The van der Waals surface area contributed by atoms with Gasteiger partial charge in [0.15, 0.2) is 5.78 Å². The van der Waals surface area contributed by atoms with Crippen LogP contribution in [-0.2, 0) is 6.61 Å². The lowest BCUT2D eigenvalue weighted by atomic mass is 10.1. The molecule has 0 aliphatic rings. The quantitative estimate of drug-likeness (QED) is 0.777. The molecule has 0 bridgehead atoms. The summed E-state index contributed by atoms with van der Waals surface area (Å²) in [7, 11) is 0. The normalized spacial score (nSPS) is 10.4. The van der Waals surface area contributed by atoms with Gasteiger partial charge in [0.05, 0.1) is 5.56 Å². The molecule has 0 radical (unpaired) electrons. The van der Waals surface area contributed by atoms with Crippen LogP contribution >= 0.6 is 0 Å². The zero-order valence-electron chi connectivity index (χ0n) is 10.7. The first-order valence-corrected chi connectivity index (χ1v) is 5.73. The van der Waals surface area contributed by atoms with Crippen LogP contribution in [0.4, 0.5) is 0 Å². The van der Waals surface area contributed by atoms with Crippen LogP contribution in [0.3, 0.4) is 0 Å². The molecule has 0 fully saturated rings. The van der Waals surface area contributed by atoms with Gasteiger partial charge in [-0.2, -0.15) is 0 Å². The lowest BCUT2D eigenvalue weighted by Gasteiger charge is -2.09. The first-order valence-electron chi connectivity index (χ1n) is 5.73. The average Bonchev–Trinajstić information content (AvgIpc) is 2.72. The molecule has 1 aromatic heterocycles. The maximum atomic E-state index is 11.5. The van der Waals surface area contributed by atoms with Gasteiger partial charge in [-0.1, -0.05) is 11.2 Å². The topological polar surface area (TPSA) is 52.3 Å². The summed E-state index contributed by atoms with van der Waals surface area (Å²) in [6.45, 7) is 5.60. The molecule has 18 heavy (non-hydrogen) atoms. The highest BCUT2D eigenvalue weighted by molar-refractivity contribution is 5.96. The zero-order valence-corrected chi connectivity index (χ0v) is 10.7. The third-order valence-corrected chi connectivity index (χ3v) is 2.57. The van der Waals surface area contributed by atoms with Crippen molar-refractivity contribution in [3.63, 3.8) is 0 Å². The molecule has 0 spiro atoms. The van der Waals surface area contributed by atoms with Crippen LogP contribution in [0.15, 0.2) is 28.8 Å². The van der Waals surface area contributed by atoms with Crippen molar-refractivity contribution in [2.75, 3.05) is 0 Å². The van der Waals surface area contributed by atoms with E-state index in [-0.39, 0.29) is 5.78 Å². The molecule has 0 amide bonds. The minimum absolute atomic E-state index is 0.0127. The van der Waals surface area contributed by atoms with Gasteiger partial charge in [0.1, 0.15) is 23.8 Å². The van der Waals surface area contributed by atoms with E-state index in [1.165, 1.54) is 6.92 Å². The fourth-order valence-electron chi connectivity index (χ4n) is 1.68. The standard InChI is InChI=1S/C14H15NO3/c1-9-4-5-13(11(3)16)14(6-9)17-8-12-7-10(2)18-15-12/h4-7H,8H2,1-3H3.